The minimum atomic E-state index is -0.0720. The van der Waals surface area contributed by atoms with Crippen molar-refractivity contribution >= 4 is 57.2 Å². The maximum Gasteiger partial charge on any atom is 0.252 e. The topological polar surface area (TPSA) is 15.7 Å². The molecule has 0 saturated carbocycles. The number of rotatable bonds is 8. The lowest BCUT2D eigenvalue weighted by Gasteiger charge is -2.45. The van der Waals surface area contributed by atoms with E-state index in [4.69, 9.17) is 4.74 Å². The summed E-state index contributed by atoms with van der Waals surface area (Å²) in [6.45, 7) is 4.35. The molecule has 10 aromatic carbocycles. The van der Waals surface area contributed by atoms with E-state index in [9.17, 15) is 0 Å². The molecule has 0 saturated heterocycles. The molecule has 0 atom stereocenters. The first-order valence-corrected chi connectivity index (χ1v) is 22.8. The highest BCUT2D eigenvalue weighted by molar-refractivity contribution is 7.00. The van der Waals surface area contributed by atoms with Crippen molar-refractivity contribution < 1.29 is 4.74 Å². The molecular weight excluding hydrogens is 800 g/mol. The Balaban J connectivity index is 1.24. The Bertz CT molecular complexity index is 3090. The normalized spacial score (nSPS) is 12.3. The zero-order chi connectivity index (χ0) is 44.1. The molecule has 0 unspecified atom stereocenters. The van der Waals surface area contributed by atoms with E-state index in [0.29, 0.717) is 0 Å². The van der Waals surface area contributed by atoms with Crippen LogP contribution >= 0.6 is 0 Å². The van der Waals surface area contributed by atoms with Crippen LogP contribution in [0.15, 0.2) is 237 Å². The van der Waals surface area contributed by atoms with E-state index in [2.05, 4.69) is 230 Å². The van der Waals surface area contributed by atoms with Crippen LogP contribution in [0.3, 0.4) is 0 Å². The molecule has 2 aliphatic rings. The average molecular weight is 845 g/mol. The van der Waals surface area contributed by atoms with E-state index in [1.165, 1.54) is 27.5 Å². The van der Waals surface area contributed by atoms with Crippen molar-refractivity contribution in [2.45, 2.75) is 13.8 Å². The van der Waals surface area contributed by atoms with Gasteiger partial charge in [-0.2, -0.15) is 0 Å². The van der Waals surface area contributed by atoms with Gasteiger partial charge in [0.1, 0.15) is 11.5 Å². The summed E-state index contributed by atoms with van der Waals surface area (Å²) >= 11 is 0. The Morgan fingerprint density at radius 2 is 0.636 bits per heavy atom. The lowest BCUT2D eigenvalue weighted by atomic mass is 9.33. The highest BCUT2D eigenvalue weighted by atomic mass is 16.5. The van der Waals surface area contributed by atoms with Crippen molar-refractivity contribution in [3.8, 4) is 56.0 Å². The van der Waals surface area contributed by atoms with Gasteiger partial charge in [-0.25, -0.2) is 0 Å². The second kappa shape index (κ2) is 16.3. The second-order valence-corrected chi connectivity index (χ2v) is 17.4. The molecule has 2 aliphatic heterocycles. The van der Waals surface area contributed by atoms with Crippen molar-refractivity contribution in [2.75, 3.05) is 9.80 Å². The first kappa shape index (κ1) is 39.3. The molecule has 0 fully saturated rings. The number of hydrogen-bond acceptors (Lipinski definition) is 3. The largest absolute Gasteiger partial charge is 0.457 e. The molecule has 0 N–H and O–H groups in total. The summed E-state index contributed by atoms with van der Waals surface area (Å²) in [5.74, 6) is 1.54. The zero-order valence-electron chi connectivity index (χ0n) is 36.9. The van der Waals surface area contributed by atoms with Crippen LogP contribution in [0.2, 0.25) is 0 Å². The van der Waals surface area contributed by atoms with Gasteiger partial charge < -0.3 is 14.5 Å². The highest BCUT2D eigenvalue weighted by Crippen LogP contribution is 2.53. The fourth-order valence-electron chi connectivity index (χ4n) is 10.4. The predicted molar refractivity (Wildman–Crippen MR) is 278 cm³/mol. The van der Waals surface area contributed by atoms with Gasteiger partial charge >= 0.3 is 0 Å². The van der Waals surface area contributed by atoms with Gasteiger partial charge in [-0.3, -0.25) is 0 Å². The van der Waals surface area contributed by atoms with Crippen LogP contribution in [0, 0.1) is 13.8 Å². The third kappa shape index (κ3) is 6.69. The van der Waals surface area contributed by atoms with Gasteiger partial charge in [0.2, 0.25) is 0 Å². The van der Waals surface area contributed by atoms with Crippen molar-refractivity contribution in [3.05, 3.63) is 248 Å². The molecule has 0 aliphatic carbocycles. The Morgan fingerprint density at radius 1 is 0.318 bits per heavy atom. The number of benzene rings is 10. The van der Waals surface area contributed by atoms with Gasteiger partial charge in [-0.15, -0.1) is 0 Å². The minimum Gasteiger partial charge on any atom is -0.457 e. The number of ether oxygens (including phenoxy) is 1. The minimum absolute atomic E-state index is 0.0720. The predicted octanol–water partition coefficient (Wildman–Crippen LogP) is 14.8. The first-order chi connectivity index (χ1) is 32.6. The molecule has 10 aromatic rings. The SMILES string of the molecule is Cc1cc(-c2ccccc2)c(N2c3ccccc3B3c4ccccc4N(c4c(-c5ccccc5)cc(C)cc4-c4ccccc4)c4cc(Oc5ccccc5)cc2c43)c(-c2ccccc2)c1. The Hall–Kier alpha value is -8.34. The summed E-state index contributed by atoms with van der Waals surface area (Å²) in [6, 6.07) is 85.7. The lowest BCUT2D eigenvalue weighted by molar-refractivity contribution is 0.483. The summed E-state index contributed by atoms with van der Waals surface area (Å²) in [5, 5.41) is 0. The molecule has 66 heavy (non-hydrogen) atoms. The van der Waals surface area contributed by atoms with E-state index >= 15 is 0 Å². The van der Waals surface area contributed by atoms with E-state index in [-0.39, 0.29) is 6.71 Å². The third-order valence-corrected chi connectivity index (χ3v) is 13.1. The van der Waals surface area contributed by atoms with Crippen LogP contribution in [0.1, 0.15) is 11.1 Å². The molecule has 12 rings (SSSR count). The summed E-state index contributed by atoms with van der Waals surface area (Å²) in [5.41, 5.74) is 22.1. The second-order valence-electron chi connectivity index (χ2n) is 17.4. The van der Waals surface area contributed by atoms with Crippen molar-refractivity contribution in [2.24, 2.45) is 0 Å². The number of nitrogens with zero attached hydrogens (tertiary/aromatic N) is 2. The smallest absolute Gasteiger partial charge is 0.252 e. The molecule has 0 amide bonds. The number of hydrogen-bond donors (Lipinski definition) is 0. The maximum atomic E-state index is 7.04. The molecule has 0 aromatic heterocycles. The van der Waals surface area contributed by atoms with Crippen molar-refractivity contribution in [3.63, 3.8) is 0 Å². The molecule has 2 heterocycles. The fraction of sp³-hybridized carbons (Fsp3) is 0.0323. The van der Waals surface area contributed by atoms with Gasteiger partial charge in [0.05, 0.1) is 11.4 Å². The van der Waals surface area contributed by atoms with Gasteiger partial charge in [0.25, 0.3) is 6.71 Å². The Morgan fingerprint density at radius 3 is 1.00 bits per heavy atom. The molecule has 0 spiro atoms. The van der Waals surface area contributed by atoms with E-state index in [0.717, 1.165) is 90.1 Å². The number of para-hydroxylation sites is 3. The van der Waals surface area contributed by atoms with Gasteiger partial charge in [0, 0.05) is 57.1 Å². The van der Waals surface area contributed by atoms with Gasteiger partial charge in [-0.1, -0.05) is 176 Å². The van der Waals surface area contributed by atoms with Crippen molar-refractivity contribution in [1.29, 1.82) is 0 Å². The van der Waals surface area contributed by atoms with Crippen LogP contribution in [0.25, 0.3) is 44.5 Å². The number of fused-ring (bicyclic) bond motifs is 4. The summed E-state index contributed by atoms with van der Waals surface area (Å²) in [7, 11) is 0. The molecule has 312 valence electrons. The lowest BCUT2D eigenvalue weighted by Crippen LogP contribution is -2.61. The summed E-state index contributed by atoms with van der Waals surface area (Å²) < 4.78 is 7.04. The first-order valence-electron chi connectivity index (χ1n) is 22.8. The van der Waals surface area contributed by atoms with Gasteiger partial charge in [-0.05, 0) is 112 Å². The fourth-order valence-corrected chi connectivity index (χ4v) is 10.4. The number of anilines is 6. The average Bonchev–Trinajstić information content (AvgIpc) is 3.37. The van der Waals surface area contributed by atoms with E-state index in [1.54, 1.807) is 0 Å². The summed E-state index contributed by atoms with van der Waals surface area (Å²) in [6.07, 6.45) is 0. The zero-order valence-corrected chi connectivity index (χ0v) is 36.9. The summed E-state index contributed by atoms with van der Waals surface area (Å²) in [4.78, 5) is 5.09. The molecule has 3 nitrogen and oxygen atoms in total. The molecule has 0 bridgehead atoms. The maximum absolute atomic E-state index is 7.04. The Labute approximate surface area is 387 Å². The third-order valence-electron chi connectivity index (χ3n) is 13.1. The van der Waals surface area contributed by atoms with Crippen molar-refractivity contribution in [1.82, 2.24) is 0 Å². The van der Waals surface area contributed by atoms with Gasteiger partial charge in [0.15, 0.2) is 0 Å². The van der Waals surface area contributed by atoms with Crippen LogP contribution in [-0.4, -0.2) is 6.71 Å². The van der Waals surface area contributed by atoms with Crippen LogP contribution in [0.5, 0.6) is 11.5 Å². The monoisotopic (exact) mass is 844 g/mol. The van der Waals surface area contributed by atoms with E-state index < -0.39 is 0 Å². The standard InChI is InChI=1S/C62H45BN2O/c1-42-36-50(44-22-8-3-9-23-44)61(51(37-42)45-24-10-4-11-25-45)64-56-34-20-18-32-54(56)63-55-33-19-21-35-57(55)65(59-41-49(40-58(64)60(59)63)66-48-30-16-7-17-31-48)62-52(46-26-12-5-13-27-46)38-43(2)39-53(62)47-28-14-6-15-29-47/h3-41H,1-2H3. The molecule has 4 heteroatoms. The highest BCUT2D eigenvalue weighted by Gasteiger charge is 2.45. The van der Waals surface area contributed by atoms with E-state index in [1.807, 2.05) is 30.3 Å². The molecular formula is C62H45BN2O. The Kier molecular flexibility index (Phi) is 9.72. The molecule has 0 radical (unpaired) electrons. The van der Waals surface area contributed by atoms with Crippen LogP contribution < -0.4 is 30.9 Å². The quantitative estimate of drug-likeness (QED) is 0.142. The van der Waals surface area contributed by atoms with Crippen LogP contribution in [-0.2, 0) is 0 Å². The number of aryl methyl sites for hydroxylation is 2. The van der Waals surface area contributed by atoms with Crippen LogP contribution in [0.4, 0.5) is 34.1 Å².